The number of aromatic amines is 1. The molecule has 1 aromatic heterocycles. The number of hydrogen-bond donors (Lipinski definition) is 4. The first-order valence-electron chi connectivity index (χ1n) is 9.40. The Morgan fingerprint density at radius 2 is 2.20 bits per heavy atom. The normalized spacial score (nSPS) is 35.5. The van der Waals surface area contributed by atoms with E-state index in [0.29, 0.717) is 6.54 Å². The first kappa shape index (κ1) is 18.7. The van der Waals surface area contributed by atoms with Crippen molar-refractivity contribution in [3.05, 3.63) is 11.3 Å². The number of aliphatic imine (C=N–C) groups is 1. The fraction of sp³-hybridized carbons (Fsp3) is 0.529. The summed E-state index contributed by atoms with van der Waals surface area (Å²) in [7, 11) is 1.51. The highest BCUT2D eigenvalue weighted by atomic mass is 16.6. The highest BCUT2D eigenvalue weighted by Crippen LogP contribution is 2.55. The van der Waals surface area contributed by atoms with E-state index in [4.69, 9.17) is 20.9 Å². The van der Waals surface area contributed by atoms with E-state index in [2.05, 4.69) is 25.5 Å². The molecule has 3 aliphatic heterocycles. The molecule has 13 nitrogen and oxygen atoms in total. The summed E-state index contributed by atoms with van der Waals surface area (Å²) in [4.78, 5) is 48.1. The maximum Gasteiger partial charge on any atom is 0.404 e. The van der Waals surface area contributed by atoms with Crippen LogP contribution >= 0.6 is 0 Å². The fourth-order valence-electron chi connectivity index (χ4n) is 4.95. The highest BCUT2D eigenvalue weighted by molar-refractivity contribution is 6.53. The van der Waals surface area contributed by atoms with Crippen LogP contribution in [0.5, 0.6) is 0 Å². The molecule has 0 aromatic carbocycles. The molecule has 30 heavy (non-hydrogen) atoms. The molecule has 6 N–H and O–H groups in total. The maximum absolute atomic E-state index is 13.5. The zero-order valence-electron chi connectivity index (χ0n) is 16.2. The molecule has 0 saturated carbocycles. The molecule has 2 fully saturated rings. The van der Waals surface area contributed by atoms with Gasteiger partial charge in [0.1, 0.15) is 12.3 Å². The van der Waals surface area contributed by atoms with E-state index in [1.807, 2.05) is 4.90 Å². The second-order valence-electron chi connectivity index (χ2n) is 7.70. The zero-order valence-corrected chi connectivity index (χ0v) is 16.2. The molecule has 5 rings (SSSR count). The van der Waals surface area contributed by atoms with Gasteiger partial charge in [-0.1, -0.05) is 0 Å². The van der Waals surface area contributed by atoms with Gasteiger partial charge in [0.15, 0.2) is 11.5 Å². The summed E-state index contributed by atoms with van der Waals surface area (Å²) >= 11 is 0. The van der Waals surface area contributed by atoms with Gasteiger partial charge >= 0.3 is 6.09 Å². The second-order valence-corrected chi connectivity index (χ2v) is 7.70. The van der Waals surface area contributed by atoms with Gasteiger partial charge in [-0.3, -0.25) is 9.59 Å². The number of methoxy groups -OCH3 is 1. The molecule has 0 radical (unpaired) electrons. The average Bonchev–Trinajstić information content (AvgIpc) is 3.10. The summed E-state index contributed by atoms with van der Waals surface area (Å²) in [6.45, 7) is 1.90. The maximum atomic E-state index is 13.5. The van der Waals surface area contributed by atoms with Crippen LogP contribution in [0.25, 0.3) is 0 Å². The Balaban J connectivity index is 1.63. The van der Waals surface area contributed by atoms with Gasteiger partial charge in [0.2, 0.25) is 11.7 Å². The Morgan fingerprint density at radius 1 is 1.43 bits per heavy atom. The van der Waals surface area contributed by atoms with Gasteiger partial charge in [0.05, 0.1) is 23.6 Å². The summed E-state index contributed by atoms with van der Waals surface area (Å²) in [6.07, 6.45) is -0.979. The van der Waals surface area contributed by atoms with Gasteiger partial charge in [-0.05, 0) is 6.92 Å². The van der Waals surface area contributed by atoms with Gasteiger partial charge < -0.3 is 31.2 Å². The molecule has 1 amide bonds. The first-order chi connectivity index (χ1) is 14.3. The smallest absolute Gasteiger partial charge is 0.404 e. The number of anilines is 1. The molecule has 2 saturated heterocycles. The molecule has 4 heterocycles. The lowest BCUT2D eigenvalue weighted by molar-refractivity contribution is -0.138. The molecule has 0 spiro atoms. The average molecular weight is 416 g/mol. The number of primary amides is 1. The van der Waals surface area contributed by atoms with Crippen LogP contribution in [0, 0.1) is 11.8 Å². The summed E-state index contributed by atoms with van der Waals surface area (Å²) < 4.78 is 11.0. The molecular weight excluding hydrogens is 396 g/mol. The summed E-state index contributed by atoms with van der Waals surface area (Å²) in [5.74, 6) is -2.26. The highest BCUT2D eigenvalue weighted by Gasteiger charge is 2.73. The molecular formula is C17H20N8O5. The van der Waals surface area contributed by atoms with E-state index in [9.17, 15) is 14.4 Å². The van der Waals surface area contributed by atoms with Gasteiger partial charge in [-0.25, -0.2) is 14.9 Å². The number of nitrogens with zero attached hydrogens (tertiary/aromatic N) is 4. The van der Waals surface area contributed by atoms with Crippen LogP contribution in [-0.2, 0) is 19.1 Å². The Bertz CT molecular complexity index is 1050. The summed E-state index contributed by atoms with van der Waals surface area (Å²) in [5, 5.41) is 9.55. The number of nitrogen functional groups attached to an aromatic ring is 1. The van der Waals surface area contributed by atoms with Crippen molar-refractivity contribution < 1.29 is 23.9 Å². The van der Waals surface area contributed by atoms with Gasteiger partial charge in [0.25, 0.3) is 5.95 Å². The lowest BCUT2D eigenvalue weighted by Gasteiger charge is -2.39. The van der Waals surface area contributed by atoms with E-state index >= 15 is 0 Å². The van der Waals surface area contributed by atoms with Crippen LogP contribution in [-0.4, -0.2) is 81.5 Å². The number of allylic oxidation sites excluding steroid dienone is 1. The van der Waals surface area contributed by atoms with Crippen molar-refractivity contribution in [2.24, 2.45) is 22.6 Å². The van der Waals surface area contributed by atoms with Crippen molar-refractivity contribution in [2.45, 2.75) is 24.7 Å². The first-order valence-corrected chi connectivity index (χ1v) is 9.40. The molecule has 0 bridgehead atoms. The quantitative estimate of drug-likeness (QED) is 0.407. The minimum atomic E-state index is -1.03. The lowest BCUT2D eigenvalue weighted by atomic mass is 9.78. The molecule has 5 unspecified atom stereocenters. The monoisotopic (exact) mass is 416 g/mol. The number of H-pyrrole nitrogens is 1. The van der Waals surface area contributed by atoms with Gasteiger partial charge in [-0.15, -0.1) is 5.10 Å². The largest absolute Gasteiger partial charge is 0.449 e. The number of nitrogens with two attached hydrogens (primary N) is 2. The SMILES string of the molecule is COC12C(COC(N)=O)C3=C(C(=O)C(C)C(=Nc4n[nH]c(N)n4)C3=O)N1CC1NC12. The number of ether oxygens (including phenoxy) is 2. The number of amides is 1. The minimum absolute atomic E-state index is 0.00504. The van der Waals surface area contributed by atoms with Crippen LogP contribution in [0.2, 0.25) is 0 Å². The molecule has 1 aromatic rings. The predicted molar refractivity (Wildman–Crippen MR) is 100 cm³/mol. The molecule has 1 aliphatic carbocycles. The number of piperazine rings is 1. The topological polar surface area (TPSA) is 201 Å². The van der Waals surface area contributed by atoms with Crippen molar-refractivity contribution in [1.82, 2.24) is 25.4 Å². The third-order valence-electron chi connectivity index (χ3n) is 6.25. The van der Waals surface area contributed by atoms with Crippen LogP contribution in [0.15, 0.2) is 16.3 Å². The van der Waals surface area contributed by atoms with Crippen molar-refractivity contribution in [3.63, 3.8) is 0 Å². The number of fused-ring (bicyclic) bond motifs is 4. The fourth-order valence-corrected chi connectivity index (χ4v) is 4.95. The van der Waals surface area contributed by atoms with Crippen molar-refractivity contribution in [2.75, 3.05) is 26.0 Å². The molecule has 4 aliphatic rings. The van der Waals surface area contributed by atoms with Crippen molar-refractivity contribution in [3.8, 4) is 0 Å². The predicted octanol–water partition coefficient (Wildman–Crippen LogP) is -1.77. The molecule has 13 heteroatoms. The molecule has 158 valence electrons. The number of rotatable bonds is 4. The van der Waals surface area contributed by atoms with Gasteiger partial charge in [0, 0.05) is 25.3 Å². The van der Waals surface area contributed by atoms with E-state index in [1.54, 1.807) is 6.92 Å². The van der Waals surface area contributed by atoms with E-state index < -0.39 is 29.4 Å². The summed E-state index contributed by atoms with van der Waals surface area (Å²) in [5.41, 5.74) is 10.1. The van der Waals surface area contributed by atoms with Crippen LogP contribution in [0.4, 0.5) is 16.7 Å². The zero-order chi connectivity index (χ0) is 21.4. The number of ketones is 2. The number of Topliss-reactive ketones (excluding diaryl/α,β-unsaturated/α-hetero) is 2. The standard InChI is InChI=1S/C17H20N8O5/c1-5-9(21-16-22-14(18)23-24-16)12(27)8-6(4-30-15(19)28)17(29-2)13-7(20-13)3-25(17)10(8)11(5)26/h5-7,13,20H,3-4H2,1-2H3,(H2,19,28)(H3,18,22,23,24). The third-order valence-corrected chi connectivity index (χ3v) is 6.25. The van der Waals surface area contributed by atoms with E-state index in [1.165, 1.54) is 7.11 Å². The Morgan fingerprint density at radius 3 is 2.83 bits per heavy atom. The van der Waals surface area contributed by atoms with Gasteiger partial charge in [-0.2, -0.15) is 4.98 Å². The molecule has 5 atom stereocenters. The van der Waals surface area contributed by atoms with Crippen LogP contribution < -0.4 is 16.8 Å². The Hall–Kier alpha value is -3.32. The van der Waals surface area contributed by atoms with Crippen LogP contribution in [0.3, 0.4) is 0 Å². The second kappa shape index (κ2) is 6.09. The number of nitrogens with one attached hydrogen (secondary N) is 2. The third kappa shape index (κ3) is 2.29. The number of carbonyl (C=O) groups is 3. The van der Waals surface area contributed by atoms with E-state index in [-0.39, 0.29) is 53.4 Å². The van der Waals surface area contributed by atoms with Crippen molar-refractivity contribution >= 4 is 35.3 Å². The van der Waals surface area contributed by atoms with Crippen molar-refractivity contribution in [1.29, 1.82) is 0 Å². The number of carbonyl (C=O) groups excluding carboxylic acids is 3. The lowest BCUT2D eigenvalue weighted by Crippen LogP contribution is -2.55. The Kier molecular flexibility index (Phi) is 3.79. The summed E-state index contributed by atoms with van der Waals surface area (Å²) in [6, 6.07) is 0.0123. The number of hydrogen-bond acceptors (Lipinski definition) is 11. The minimum Gasteiger partial charge on any atom is -0.449 e. The van der Waals surface area contributed by atoms with E-state index in [0.717, 1.165) is 0 Å². The Labute approximate surface area is 169 Å². The number of aromatic nitrogens is 3. The van der Waals surface area contributed by atoms with Crippen LogP contribution in [0.1, 0.15) is 6.92 Å².